The first kappa shape index (κ1) is 87.1. The van der Waals surface area contributed by atoms with E-state index in [0.717, 1.165) is 49.6 Å². The number of benzene rings is 6. The third-order valence-electron chi connectivity index (χ3n) is 21.6. The predicted octanol–water partition coefficient (Wildman–Crippen LogP) is 3.35. The number of hydrogen-bond donors (Lipinski definition) is 16. The Morgan fingerprint density at radius 3 is 1.23 bits per heavy atom. The van der Waals surface area contributed by atoms with Crippen LogP contribution in [0.4, 0.5) is 0 Å². The average Bonchev–Trinajstić information content (AvgIpc) is 1.19. The molecule has 3 aliphatic heterocycles. The number of nitrogens with zero attached hydrogens (tertiary/aromatic N) is 2. The number of para-hydroxylation sites is 2. The van der Waals surface area contributed by atoms with E-state index < -0.39 is 149 Å². The second-order valence-electron chi connectivity index (χ2n) is 30.1. The number of nitrogens with two attached hydrogens (primary N) is 2. The number of phenolic OH excluding ortho intramolecular Hbond substituents is 1. The summed E-state index contributed by atoms with van der Waals surface area (Å²) < 4.78 is 0. The fraction of sp³-hybridized carbons (Fsp3) is 0.402. The third-order valence-corrected chi connectivity index (χ3v) is 21.6. The molecule has 117 heavy (non-hydrogen) atoms. The number of unbranched alkanes of at least 4 members (excludes halogenated alkanes) is 2. The molecule has 0 bridgehead atoms. The lowest BCUT2D eigenvalue weighted by molar-refractivity contribution is -0.143. The highest BCUT2D eigenvalue weighted by atomic mass is 16.3. The number of aliphatic hydroxyl groups is 1. The van der Waals surface area contributed by atoms with Gasteiger partial charge < -0.3 is 94.6 Å². The quantitative estimate of drug-likeness (QED) is 0.0433. The van der Waals surface area contributed by atoms with Gasteiger partial charge in [-0.3, -0.25) is 57.5 Å². The largest absolute Gasteiger partial charge is 0.508 e. The predicted molar refractivity (Wildman–Crippen MR) is 445 cm³/mol. The fourth-order valence-corrected chi connectivity index (χ4v) is 14.8. The number of carbonyl (C=O) groups is 12. The number of aromatic amines is 2. The van der Waals surface area contributed by atoms with Crippen LogP contribution in [0.1, 0.15) is 115 Å². The standard InChI is InChI=1S/C44H54N8O7.C43H54N8O7.2H2/c1-27(53)38-43(58)50-36(24-29-15-6-3-7-16-29)44(59)52-22-12-20-37(52)42(57)49-34(23-28-13-4-2-5-14-28)40(55)48-35(25-30-26-46-32-18-9-8-17-31(30)32)41(56)47-33(39(54)51-38)19-10-11-21-45;1-4-32-39(54)50-37(23-27-12-6-5-7-13-27)43(58)51(3)26(2)38(53)48-35(22-28-17-19-30(52)20-18-28)41(56)49-36(24-29-25-45-33-15-9-8-14-31(29)33)42(57)47-34(40(55)46-32)16-10-11-21-44;;/h2-9,13-18,26-27,33-38,46,53H,10-12,19-25,45H2,1H3,(H,47,56)(H,48,55)(H,49,57)(H,50,58)(H,51,54);5-9,12-15,17-20,25-26,32,34-37,45,52H,4,10-11,16,21-24,44H2,1-3H3,(H,46,55)(H,47,57)(H,48,53)(H,49,56)(H,50,54);2*1H/t27?,33-,34-,35+,36-,37-,38-;26-,32-,34-,35-,36+,37-;;/m00../s1. The van der Waals surface area contributed by atoms with Crippen molar-refractivity contribution >= 4 is 92.7 Å². The Hall–Kier alpha value is -12.3. The molecular formula is C87H112N16O14. The fourth-order valence-electron chi connectivity index (χ4n) is 14.8. The van der Waals surface area contributed by atoms with Gasteiger partial charge in [-0.15, -0.1) is 0 Å². The van der Waals surface area contributed by atoms with Crippen LogP contribution in [0.25, 0.3) is 21.8 Å². The molecule has 0 saturated carbocycles. The van der Waals surface area contributed by atoms with Gasteiger partial charge in [0.15, 0.2) is 0 Å². The number of phenols is 1. The van der Waals surface area contributed by atoms with Crippen LogP contribution in [0.2, 0.25) is 0 Å². The molecule has 0 radical (unpaired) electrons. The van der Waals surface area contributed by atoms with Gasteiger partial charge in [-0.05, 0) is 142 Å². The maximum Gasteiger partial charge on any atom is 0.246 e. The van der Waals surface area contributed by atoms with Gasteiger partial charge in [0, 0.05) is 89.2 Å². The molecule has 3 fully saturated rings. The van der Waals surface area contributed by atoms with Crippen molar-refractivity contribution in [1.82, 2.24) is 72.9 Å². The van der Waals surface area contributed by atoms with E-state index in [-0.39, 0.29) is 72.9 Å². The monoisotopic (exact) mass is 1600 g/mol. The molecule has 624 valence electrons. The molecule has 2 aromatic heterocycles. The summed E-state index contributed by atoms with van der Waals surface area (Å²) in [6, 6.07) is 34.3. The Labute approximate surface area is 682 Å². The number of fused-ring (bicyclic) bond motifs is 3. The van der Waals surface area contributed by atoms with E-state index in [4.69, 9.17) is 11.5 Å². The van der Waals surface area contributed by atoms with Crippen molar-refractivity contribution < 1.29 is 70.6 Å². The number of aromatic nitrogens is 2. The van der Waals surface area contributed by atoms with Crippen LogP contribution < -0.4 is 64.6 Å². The number of H-pyrrole nitrogens is 2. The van der Waals surface area contributed by atoms with Crippen LogP contribution in [0.5, 0.6) is 5.75 Å². The van der Waals surface area contributed by atoms with Gasteiger partial charge in [-0.1, -0.05) is 146 Å². The molecular weight excluding hydrogens is 1490 g/mol. The molecule has 18 N–H and O–H groups in total. The Bertz CT molecular complexity index is 4750. The maximum absolute atomic E-state index is 14.5. The summed E-state index contributed by atoms with van der Waals surface area (Å²) in [7, 11) is 1.44. The highest BCUT2D eigenvalue weighted by Gasteiger charge is 2.43. The van der Waals surface area contributed by atoms with Crippen molar-refractivity contribution in [3.63, 3.8) is 0 Å². The van der Waals surface area contributed by atoms with Crippen molar-refractivity contribution in [2.24, 2.45) is 11.5 Å². The van der Waals surface area contributed by atoms with Crippen molar-refractivity contribution in [3.8, 4) is 5.75 Å². The highest BCUT2D eigenvalue weighted by Crippen LogP contribution is 2.25. The van der Waals surface area contributed by atoms with Crippen LogP contribution >= 0.6 is 0 Å². The first-order valence-corrected chi connectivity index (χ1v) is 40.1. The van der Waals surface area contributed by atoms with E-state index in [2.05, 4.69) is 63.1 Å². The molecule has 0 spiro atoms. The molecule has 6 aromatic carbocycles. The minimum absolute atomic E-state index is 0. The molecule has 3 aliphatic rings. The van der Waals surface area contributed by atoms with Crippen LogP contribution in [0.3, 0.4) is 0 Å². The minimum Gasteiger partial charge on any atom is -0.508 e. The average molecular weight is 1610 g/mol. The number of rotatable bonds is 22. The lowest BCUT2D eigenvalue weighted by atomic mass is 10.00. The van der Waals surface area contributed by atoms with Crippen LogP contribution in [-0.2, 0) is 96.1 Å². The van der Waals surface area contributed by atoms with E-state index in [1.807, 2.05) is 103 Å². The number of likely N-dealkylation sites (N-methyl/N-ethyl adjacent to an activating group) is 1. The van der Waals surface area contributed by atoms with Gasteiger partial charge in [0.25, 0.3) is 0 Å². The second-order valence-corrected chi connectivity index (χ2v) is 30.1. The first-order chi connectivity index (χ1) is 56.4. The molecule has 13 atom stereocenters. The van der Waals surface area contributed by atoms with E-state index in [1.165, 1.54) is 42.8 Å². The number of aromatic hydroxyl groups is 1. The molecule has 8 aromatic rings. The highest BCUT2D eigenvalue weighted by molar-refractivity contribution is 6.01. The molecule has 5 heterocycles. The molecule has 30 heteroatoms. The Balaban J connectivity index is 0.000000292. The molecule has 30 nitrogen and oxygen atoms in total. The van der Waals surface area contributed by atoms with Crippen molar-refractivity contribution in [2.75, 3.05) is 26.7 Å². The zero-order valence-electron chi connectivity index (χ0n) is 66.3. The number of carbonyl (C=O) groups excluding carboxylic acids is 12. The maximum atomic E-state index is 14.5. The lowest BCUT2D eigenvalue weighted by Gasteiger charge is -2.32. The molecule has 3 saturated heterocycles. The number of hydrogen-bond acceptors (Lipinski definition) is 16. The zero-order valence-corrected chi connectivity index (χ0v) is 66.3. The van der Waals surface area contributed by atoms with Crippen molar-refractivity contribution in [1.29, 1.82) is 0 Å². The number of aliphatic hydroxyl groups excluding tert-OH is 1. The van der Waals surface area contributed by atoms with Crippen molar-refractivity contribution in [2.45, 2.75) is 196 Å². The summed E-state index contributed by atoms with van der Waals surface area (Å²) in [6.45, 7) is 5.48. The van der Waals surface area contributed by atoms with Gasteiger partial charge in [0.1, 0.15) is 78.3 Å². The summed E-state index contributed by atoms with van der Waals surface area (Å²) in [6.07, 6.45) is 5.69. The smallest absolute Gasteiger partial charge is 0.246 e. The van der Waals surface area contributed by atoms with E-state index in [0.29, 0.717) is 57.2 Å². The number of amides is 12. The summed E-state index contributed by atoms with van der Waals surface area (Å²) in [5.74, 6) is -7.70. The Morgan fingerprint density at radius 2 is 0.769 bits per heavy atom. The SMILES string of the molecule is CC(O)[C@@H]1NC(=O)[C@H](CCCCN)NC(=O)[C@@H](Cc2c[nH]c3ccccc23)NC(=O)[C@H](Cc2ccccc2)NC(=O)[C@@H]2CCCN2C(=O)[C@H](Cc2ccccc2)NC1=O.CC[C@@H]1NC(=O)[C@H](CCCCN)NC(=O)[C@@H](Cc2c[nH]c3ccccc23)NC(=O)[C@H](Cc2ccc(O)cc2)NC(=O)[C@H](C)N(C)C(=O)[C@H](Cc2ccccc2)NC1=O.[HH].[HH]. The van der Waals surface area contributed by atoms with Crippen LogP contribution in [-0.4, -0.2) is 206 Å². The third kappa shape index (κ3) is 23.9. The lowest BCUT2D eigenvalue weighted by Crippen LogP contribution is -2.63. The Kier molecular flexibility index (Phi) is 31.5. The molecule has 1 unspecified atom stereocenters. The summed E-state index contributed by atoms with van der Waals surface area (Å²) in [4.78, 5) is 179. The summed E-state index contributed by atoms with van der Waals surface area (Å²) >= 11 is 0. The van der Waals surface area contributed by atoms with Crippen LogP contribution in [0, 0.1) is 0 Å². The minimum atomic E-state index is -1.51. The molecule has 0 aliphatic carbocycles. The topological polar surface area (TPSA) is 456 Å². The normalized spacial score (nSPS) is 23.6. The number of nitrogens with one attached hydrogen (secondary N) is 12. The summed E-state index contributed by atoms with van der Waals surface area (Å²) in [5.41, 5.74) is 17.5. The van der Waals surface area contributed by atoms with E-state index in [1.54, 1.807) is 67.8 Å². The molecule has 11 rings (SSSR count). The van der Waals surface area contributed by atoms with Crippen molar-refractivity contribution in [3.05, 3.63) is 210 Å². The van der Waals surface area contributed by atoms with E-state index in [9.17, 15) is 67.7 Å². The second kappa shape index (κ2) is 42.4. The van der Waals surface area contributed by atoms with Gasteiger partial charge in [-0.25, -0.2) is 0 Å². The van der Waals surface area contributed by atoms with Gasteiger partial charge in [0.2, 0.25) is 70.9 Å². The van der Waals surface area contributed by atoms with Gasteiger partial charge in [0.05, 0.1) is 6.10 Å². The van der Waals surface area contributed by atoms with Gasteiger partial charge in [-0.2, -0.15) is 0 Å². The molecule has 12 amide bonds. The van der Waals surface area contributed by atoms with E-state index >= 15 is 0 Å². The zero-order chi connectivity index (χ0) is 83.7. The first-order valence-electron chi connectivity index (χ1n) is 40.1. The van der Waals surface area contributed by atoms with Crippen LogP contribution in [0.15, 0.2) is 176 Å². The van der Waals surface area contributed by atoms with Gasteiger partial charge >= 0.3 is 0 Å². The Morgan fingerprint density at radius 1 is 0.410 bits per heavy atom. The summed E-state index contributed by atoms with van der Waals surface area (Å²) in [5, 5.41) is 50.5.